The van der Waals surface area contributed by atoms with Crippen molar-refractivity contribution in [2.75, 3.05) is 13.2 Å². The molecule has 4 nitrogen and oxygen atoms in total. The van der Waals surface area contributed by atoms with Gasteiger partial charge in [0.1, 0.15) is 0 Å². The number of aliphatic hydroxyl groups is 1. The summed E-state index contributed by atoms with van der Waals surface area (Å²) in [5.74, 6) is 6.00. The van der Waals surface area contributed by atoms with Crippen molar-refractivity contribution in [1.29, 1.82) is 0 Å². The second-order valence-corrected chi connectivity index (χ2v) is 6.76. The first-order valence-corrected chi connectivity index (χ1v) is 8.05. The molecule has 2 N–H and O–H groups in total. The Labute approximate surface area is 121 Å². The van der Waals surface area contributed by atoms with Gasteiger partial charge in [-0.1, -0.05) is 25.7 Å². The summed E-state index contributed by atoms with van der Waals surface area (Å²) in [5.41, 5.74) is 1.59. The van der Waals surface area contributed by atoms with Gasteiger partial charge in [-0.2, -0.15) is 0 Å². The zero-order valence-electron chi connectivity index (χ0n) is 12.1. The molecule has 1 rings (SSSR count). The summed E-state index contributed by atoms with van der Waals surface area (Å²) in [7, 11) is -3.46. The zero-order valence-corrected chi connectivity index (χ0v) is 12.9. The number of benzene rings is 1. The van der Waals surface area contributed by atoms with Crippen molar-refractivity contribution in [3.8, 4) is 11.8 Å². The monoisotopic (exact) mass is 295 g/mol. The van der Waals surface area contributed by atoms with Gasteiger partial charge in [0, 0.05) is 18.5 Å². The molecule has 0 atom stereocenters. The van der Waals surface area contributed by atoms with E-state index in [0.29, 0.717) is 13.0 Å². The fourth-order valence-corrected chi connectivity index (χ4v) is 2.82. The molecule has 1 aromatic carbocycles. The van der Waals surface area contributed by atoms with Crippen LogP contribution in [0, 0.1) is 24.7 Å². The fourth-order valence-electron chi connectivity index (χ4n) is 1.52. The van der Waals surface area contributed by atoms with Gasteiger partial charge >= 0.3 is 0 Å². The maximum absolute atomic E-state index is 12.1. The standard InChI is InChI=1S/C15H21NO3S/c1-12(2)11-16-20(18,19)15-8-7-14(13(3)10-15)6-4-5-9-17/h7-8,10,12,16-17H,5,9,11H2,1-3H3. The SMILES string of the molecule is Cc1cc(S(=O)(=O)NCC(C)C)ccc1C#CCCO. The van der Waals surface area contributed by atoms with Crippen LogP contribution in [0.1, 0.15) is 31.4 Å². The fraction of sp³-hybridized carbons (Fsp3) is 0.467. The van der Waals surface area contributed by atoms with Crippen LogP contribution in [0.15, 0.2) is 23.1 Å². The van der Waals surface area contributed by atoms with Crippen molar-refractivity contribution in [2.24, 2.45) is 5.92 Å². The van der Waals surface area contributed by atoms with E-state index in [1.165, 1.54) is 0 Å². The molecular weight excluding hydrogens is 274 g/mol. The summed E-state index contributed by atoms with van der Waals surface area (Å²) in [4.78, 5) is 0.253. The van der Waals surface area contributed by atoms with Crippen molar-refractivity contribution in [1.82, 2.24) is 4.72 Å². The number of rotatable bonds is 5. The van der Waals surface area contributed by atoms with E-state index in [9.17, 15) is 8.42 Å². The van der Waals surface area contributed by atoms with Crippen LogP contribution < -0.4 is 4.72 Å². The molecule has 0 aromatic heterocycles. The third-order valence-electron chi connectivity index (χ3n) is 2.65. The Hall–Kier alpha value is -1.35. The summed E-state index contributed by atoms with van der Waals surface area (Å²) in [6.07, 6.45) is 0.412. The largest absolute Gasteiger partial charge is 0.395 e. The highest BCUT2D eigenvalue weighted by atomic mass is 32.2. The van der Waals surface area contributed by atoms with Gasteiger partial charge < -0.3 is 5.11 Å². The first-order valence-electron chi connectivity index (χ1n) is 6.57. The first kappa shape index (κ1) is 16.7. The molecule has 0 amide bonds. The molecule has 0 heterocycles. The van der Waals surface area contributed by atoms with Gasteiger partial charge in [-0.15, -0.1) is 0 Å². The second kappa shape index (κ2) is 7.44. The normalized spacial score (nSPS) is 11.2. The van der Waals surface area contributed by atoms with Crippen molar-refractivity contribution in [2.45, 2.75) is 32.1 Å². The molecule has 0 unspecified atom stereocenters. The van der Waals surface area contributed by atoms with E-state index in [1.807, 2.05) is 20.8 Å². The molecule has 20 heavy (non-hydrogen) atoms. The predicted molar refractivity (Wildman–Crippen MR) is 79.8 cm³/mol. The minimum atomic E-state index is -3.46. The van der Waals surface area contributed by atoms with Crippen LogP contribution in [0.2, 0.25) is 0 Å². The predicted octanol–water partition coefficient (Wildman–Crippen LogP) is 1.66. The zero-order chi connectivity index (χ0) is 15.2. The lowest BCUT2D eigenvalue weighted by Crippen LogP contribution is -2.27. The Morgan fingerprint density at radius 3 is 2.60 bits per heavy atom. The number of hydrogen-bond acceptors (Lipinski definition) is 3. The van der Waals surface area contributed by atoms with E-state index in [0.717, 1.165) is 11.1 Å². The average molecular weight is 295 g/mol. The van der Waals surface area contributed by atoms with Gasteiger partial charge in [-0.05, 0) is 36.6 Å². The van der Waals surface area contributed by atoms with Crippen LogP contribution in [0.5, 0.6) is 0 Å². The minimum absolute atomic E-state index is 0.0254. The summed E-state index contributed by atoms with van der Waals surface area (Å²) in [6.45, 7) is 6.17. The molecule has 0 spiro atoms. The van der Waals surface area contributed by atoms with Gasteiger partial charge in [0.2, 0.25) is 10.0 Å². The lowest BCUT2D eigenvalue weighted by atomic mass is 10.1. The molecule has 0 aliphatic rings. The smallest absolute Gasteiger partial charge is 0.240 e. The summed E-state index contributed by atoms with van der Waals surface area (Å²) >= 11 is 0. The molecular formula is C15H21NO3S. The quantitative estimate of drug-likeness (QED) is 0.812. The molecule has 0 saturated heterocycles. The van der Waals surface area contributed by atoms with Crippen molar-refractivity contribution in [3.05, 3.63) is 29.3 Å². The Kier molecular flexibility index (Phi) is 6.21. The molecule has 0 bridgehead atoms. The Morgan fingerprint density at radius 1 is 1.35 bits per heavy atom. The summed E-state index contributed by atoms with van der Waals surface area (Å²) < 4.78 is 26.7. The highest BCUT2D eigenvalue weighted by Gasteiger charge is 2.14. The van der Waals surface area contributed by atoms with Gasteiger partial charge in [0.25, 0.3) is 0 Å². The van der Waals surface area contributed by atoms with Gasteiger partial charge in [0.15, 0.2) is 0 Å². The van der Waals surface area contributed by atoms with E-state index in [4.69, 9.17) is 5.11 Å². The molecule has 0 aliphatic carbocycles. The Balaban J connectivity index is 2.95. The van der Waals surface area contributed by atoms with Crippen LogP contribution in [-0.4, -0.2) is 26.7 Å². The summed E-state index contributed by atoms with van der Waals surface area (Å²) in [5, 5.41) is 8.68. The van der Waals surface area contributed by atoms with Crippen molar-refractivity contribution < 1.29 is 13.5 Å². The third-order valence-corrected chi connectivity index (χ3v) is 4.07. The lowest BCUT2D eigenvalue weighted by Gasteiger charge is -2.10. The highest BCUT2D eigenvalue weighted by Crippen LogP contribution is 2.15. The topological polar surface area (TPSA) is 66.4 Å². The summed E-state index contributed by atoms with van der Waals surface area (Å²) in [6, 6.07) is 4.87. The van der Waals surface area contributed by atoms with Crippen LogP contribution in [0.4, 0.5) is 0 Å². The second-order valence-electron chi connectivity index (χ2n) is 5.00. The lowest BCUT2D eigenvalue weighted by molar-refractivity contribution is 0.305. The van der Waals surface area contributed by atoms with E-state index in [2.05, 4.69) is 16.6 Å². The molecule has 5 heteroatoms. The van der Waals surface area contributed by atoms with Gasteiger partial charge in [-0.25, -0.2) is 13.1 Å². The maximum atomic E-state index is 12.1. The van der Waals surface area contributed by atoms with Crippen LogP contribution in [0.3, 0.4) is 0 Å². The van der Waals surface area contributed by atoms with Crippen molar-refractivity contribution >= 4 is 10.0 Å². The molecule has 0 radical (unpaired) electrons. The van der Waals surface area contributed by atoms with Gasteiger partial charge in [0.05, 0.1) is 11.5 Å². The highest BCUT2D eigenvalue weighted by molar-refractivity contribution is 7.89. The van der Waals surface area contributed by atoms with E-state index >= 15 is 0 Å². The van der Waals surface area contributed by atoms with Gasteiger partial charge in [-0.3, -0.25) is 0 Å². The maximum Gasteiger partial charge on any atom is 0.240 e. The van der Waals surface area contributed by atoms with E-state index in [1.54, 1.807) is 18.2 Å². The molecule has 1 aromatic rings. The average Bonchev–Trinajstić information content (AvgIpc) is 2.38. The number of nitrogens with one attached hydrogen (secondary N) is 1. The van der Waals surface area contributed by atoms with Crippen LogP contribution in [0.25, 0.3) is 0 Å². The third kappa shape index (κ3) is 4.97. The molecule has 0 aliphatic heterocycles. The van der Waals surface area contributed by atoms with E-state index < -0.39 is 10.0 Å². The van der Waals surface area contributed by atoms with Crippen LogP contribution in [-0.2, 0) is 10.0 Å². The molecule has 110 valence electrons. The number of hydrogen-bond donors (Lipinski definition) is 2. The van der Waals surface area contributed by atoms with Crippen molar-refractivity contribution in [3.63, 3.8) is 0 Å². The molecule has 0 fully saturated rings. The van der Waals surface area contributed by atoms with E-state index in [-0.39, 0.29) is 17.4 Å². The molecule has 0 saturated carbocycles. The number of aliphatic hydroxyl groups excluding tert-OH is 1. The Bertz CT molecular complexity index is 610. The Morgan fingerprint density at radius 2 is 2.05 bits per heavy atom. The minimum Gasteiger partial charge on any atom is -0.395 e. The first-order chi connectivity index (χ1) is 9.36. The number of aryl methyl sites for hydroxylation is 1. The van der Waals surface area contributed by atoms with Crippen LogP contribution >= 0.6 is 0 Å². The number of sulfonamides is 1.